The number of nitrogens with two attached hydrogens (primary N) is 1. The van der Waals surface area contributed by atoms with Gasteiger partial charge in [0.1, 0.15) is 6.10 Å². The van der Waals surface area contributed by atoms with Crippen molar-refractivity contribution in [1.82, 2.24) is 9.88 Å². The molecule has 4 heteroatoms. The van der Waals surface area contributed by atoms with E-state index >= 15 is 0 Å². The molecule has 1 aromatic heterocycles. The van der Waals surface area contributed by atoms with Gasteiger partial charge in [-0.15, -0.1) is 0 Å². The number of hydrogen-bond acceptors (Lipinski definition) is 4. The highest BCUT2D eigenvalue weighted by Gasteiger charge is 2.39. The molecule has 0 amide bonds. The minimum Gasteiger partial charge on any atom is -0.474 e. The first-order valence-corrected chi connectivity index (χ1v) is 6.32. The number of ether oxygens (including phenoxy) is 1. The Kier molecular flexibility index (Phi) is 2.67. The van der Waals surface area contributed by atoms with E-state index in [0.717, 1.165) is 12.8 Å². The number of nitrogen functional groups attached to an aromatic ring is 1. The molecule has 2 aliphatic rings. The molecular formula is C13H19N3O. The Labute approximate surface area is 102 Å². The lowest BCUT2D eigenvalue weighted by Gasteiger charge is -2.36. The normalized spacial score (nSPS) is 32.6. The van der Waals surface area contributed by atoms with Gasteiger partial charge in [-0.25, -0.2) is 4.98 Å². The van der Waals surface area contributed by atoms with Crippen LogP contribution in [0.4, 0.5) is 5.69 Å². The van der Waals surface area contributed by atoms with Gasteiger partial charge in [0.2, 0.25) is 5.88 Å². The fourth-order valence-corrected chi connectivity index (χ4v) is 3.09. The van der Waals surface area contributed by atoms with Gasteiger partial charge in [0.15, 0.2) is 0 Å². The first-order chi connectivity index (χ1) is 8.22. The van der Waals surface area contributed by atoms with Crippen LogP contribution in [0.5, 0.6) is 5.88 Å². The number of pyridine rings is 1. The number of hydrogen-bond donors (Lipinski definition) is 1. The van der Waals surface area contributed by atoms with Crippen LogP contribution < -0.4 is 10.5 Å². The molecule has 0 spiro atoms. The zero-order valence-electron chi connectivity index (χ0n) is 10.2. The lowest BCUT2D eigenvalue weighted by Crippen LogP contribution is -2.43. The van der Waals surface area contributed by atoms with Gasteiger partial charge in [0.25, 0.3) is 0 Å². The largest absolute Gasteiger partial charge is 0.474 e. The van der Waals surface area contributed by atoms with Crippen molar-refractivity contribution in [2.45, 2.75) is 43.9 Å². The van der Waals surface area contributed by atoms with E-state index in [1.807, 2.05) is 12.1 Å². The topological polar surface area (TPSA) is 51.4 Å². The van der Waals surface area contributed by atoms with Crippen LogP contribution in [0.15, 0.2) is 18.3 Å². The Morgan fingerprint density at radius 3 is 2.59 bits per heavy atom. The summed E-state index contributed by atoms with van der Waals surface area (Å²) in [7, 11) is 2.24. The van der Waals surface area contributed by atoms with Crippen LogP contribution in [0.3, 0.4) is 0 Å². The van der Waals surface area contributed by atoms with Crippen molar-refractivity contribution in [2.75, 3.05) is 12.8 Å². The van der Waals surface area contributed by atoms with Gasteiger partial charge in [-0.05, 0) is 38.8 Å². The Bertz CT molecular complexity index is 378. The van der Waals surface area contributed by atoms with Crippen molar-refractivity contribution in [3.05, 3.63) is 18.3 Å². The van der Waals surface area contributed by atoms with E-state index in [9.17, 15) is 0 Å². The third kappa shape index (κ3) is 2.09. The van der Waals surface area contributed by atoms with E-state index in [1.165, 1.54) is 12.8 Å². The molecule has 3 heterocycles. The Morgan fingerprint density at radius 1 is 1.29 bits per heavy atom. The Morgan fingerprint density at radius 2 is 2.00 bits per heavy atom. The summed E-state index contributed by atoms with van der Waals surface area (Å²) in [5.74, 6) is 0.702. The second-order valence-corrected chi connectivity index (χ2v) is 5.19. The predicted molar refractivity (Wildman–Crippen MR) is 66.9 cm³/mol. The van der Waals surface area contributed by atoms with Crippen LogP contribution >= 0.6 is 0 Å². The fraction of sp³-hybridized carbons (Fsp3) is 0.615. The molecule has 0 saturated carbocycles. The van der Waals surface area contributed by atoms with Gasteiger partial charge in [0, 0.05) is 18.2 Å². The van der Waals surface area contributed by atoms with Crippen LogP contribution in [0.2, 0.25) is 0 Å². The highest BCUT2D eigenvalue weighted by Crippen LogP contribution is 2.35. The average Bonchev–Trinajstić information content (AvgIpc) is 2.55. The summed E-state index contributed by atoms with van der Waals surface area (Å²) in [5.41, 5.74) is 6.29. The van der Waals surface area contributed by atoms with Crippen molar-refractivity contribution in [2.24, 2.45) is 0 Å². The molecule has 17 heavy (non-hydrogen) atoms. The lowest BCUT2D eigenvalue weighted by molar-refractivity contribution is 0.0633. The molecule has 3 rings (SSSR count). The number of aromatic nitrogens is 1. The summed E-state index contributed by atoms with van der Waals surface area (Å²) in [4.78, 5) is 6.71. The van der Waals surface area contributed by atoms with Crippen molar-refractivity contribution in [1.29, 1.82) is 0 Å². The first-order valence-electron chi connectivity index (χ1n) is 6.32. The SMILES string of the molecule is CN1[C@@H]2CC[C@H]1C[C@@H](Oc1ccc(N)cn1)C2. The molecule has 0 unspecified atom stereocenters. The number of fused-ring (bicyclic) bond motifs is 2. The van der Waals surface area contributed by atoms with Crippen LogP contribution in [0.1, 0.15) is 25.7 Å². The van der Waals surface area contributed by atoms with Crippen molar-refractivity contribution >= 4 is 5.69 Å². The maximum absolute atomic E-state index is 5.95. The summed E-state index contributed by atoms with van der Waals surface area (Å²) in [6.07, 6.45) is 6.85. The first kappa shape index (κ1) is 10.8. The van der Waals surface area contributed by atoms with E-state index in [4.69, 9.17) is 10.5 Å². The quantitative estimate of drug-likeness (QED) is 0.844. The second-order valence-electron chi connectivity index (χ2n) is 5.19. The highest BCUT2D eigenvalue weighted by molar-refractivity contribution is 5.36. The minimum atomic E-state index is 0.319. The van der Waals surface area contributed by atoms with Gasteiger partial charge in [0.05, 0.1) is 11.9 Å². The molecule has 2 saturated heterocycles. The van der Waals surface area contributed by atoms with E-state index in [0.29, 0.717) is 29.8 Å². The molecular weight excluding hydrogens is 214 g/mol. The van der Waals surface area contributed by atoms with Gasteiger partial charge in [-0.2, -0.15) is 0 Å². The molecule has 92 valence electrons. The molecule has 0 aromatic carbocycles. The van der Waals surface area contributed by atoms with Crippen molar-refractivity contribution in [3.8, 4) is 5.88 Å². The maximum atomic E-state index is 5.95. The highest BCUT2D eigenvalue weighted by atomic mass is 16.5. The van der Waals surface area contributed by atoms with Crippen molar-refractivity contribution in [3.63, 3.8) is 0 Å². The fourth-order valence-electron chi connectivity index (χ4n) is 3.09. The molecule has 3 atom stereocenters. The Hall–Kier alpha value is -1.29. The second kappa shape index (κ2) is 4.18. The number of anilines is 1. The molecule has 0 radical (unpaired) electrons. The zero-order chi connectivity index (χ0) is 11.8. The predicted octanol–water partition coefficient (Wildman–Crippen LogP) is 1.67. The van der Waals surface area contributed by atoms with Crippen molar-refractivity contribution < 1.29 is 4.74 Å². The lowest BCUT2D eigenvalue weighted by atomic mass is 10.0. The van der Waals surface area contributed by atoms with Gasteiger partial charge >= 0.3 is 0 Å². The zero-order valence-corrected chi connectivity index (χ0v) is 10.2. The van der Waals surface area contributed by atoms with Crippen LogP contribution in [-0.4, -0.2) is 35.1 Å². The monoisotopic (exact) mass is 233 g/mol. The summed E-state index contributed by atoms with van der Waals surface area (Å²) in [5, 5.41) is 0. The molecule has 1 aromatic rings. The standard InChI is InChI=1S/C13H19N3O/c1-16-10-3-4-11(16)7-12(6-10)17-13-5-2-9(14)8-15-13/h2,5,8,10-12H,3-4,6-7,14H2,1H3/t10-,11+,12+. The van der Waals surface area contributed by atoms with E-state index in [2.05, 4.69) is 16.9 Å². The molecule has 2 N–H and O–H groups in total. The Balaban J connectivity index is 1.65. The minimum absolute atomic E-state index is 0.319. The average molecular weight is 233 g/mol. The summed E-state index contributed by atoms with van der Waals surface area (Å²) >= 11 is 0. The smallest absolute Gasteiger partial charge is 0.213 e. The summed E-state index contributed by atoms with van der Waals surface area (Å²) in [6.45, 7) is 0. The van der Waals surface area contributed by atoms with E-state index < -0.39 is 0 Å². The van der Waals surface area contributed by atoms with Crippen LogP contribution in [0.25, 0.3) is 0 Å². The van der Waals surface area contributed by atoms with Gasteiger partial charge in [-0.3, -0.25) is 0 Å². The molecule has 2 bridgehead atoms. The molecule has 2 fully saturated rings. The number of rotatable bonds is 2. The molecule has 0 aliphatic carbocycles. The van der Waals surface area contributed by atoms with Gasteiger partial charge < -0.3 is 15.4 Å². The maximum Gasteiger partial charge on any atom is 0.213 e. The van der Waals surface area contributed by atoms with E-state index in [1.54, 1.807) is 6.20 Å². The molecule has 4 nitrogen and oxygen atoms in total. The summed E-state index contributed by atoms with van der Waals surface area (Å²) < 4.78 is 5.95. The summed E-state index contributed by atoms with van der Waals surface area (Å²) in [6, 6.07) is 5.10. The molecule has 2 aliphatic heterocycles. The van der Waals surface area contributed by atoms with Crippen LogP contribution in [-0.2, 0) is 0 Å². The van der Waals surface area contributed by atoms with Crippen LogP contribution in [0, 0.1) is 0 Å². The number of nitrogens with zero attached hydrogens (tertiary/aromatic N) is 2. The van der Waals surface area contributed by atoms with Gasteiger partial charge in [-0.1, -0.05) is 0 Å². The third-order valence-electron chi connectivity index (χ3n) is 4.10. The third-order valence-corrected chi connectivity index (χ3v) is 4.10. The van der Waals surface area contributed by atoms with E-state index in [-0.39, 0.29) is 0 Å². The number of piperidine rings is 1.